The number of likely N-dealkylation sites (N-methyl/N-ethyl adjacent to an activating group) is 1. The molecule has 1 unspecified atom stereocenters. The lowest BCUT2D eigenvalue weighted by atomic mass is 10.1. The van der Waals surface area contributed by atoms with Crippen molar-refractivity contribution in [2.24, 2.45) is 16.6 Å². The number of hydrogen-bond donors (Lipinski definition) is 2. The number of nitrogens with two attached hydrogens (primary N) is 1. The molecule has 0 heterocycles. The molecule has 0 spiro atoms. The van der Waals surface area contributed by atoms with Crippen molar-refractivity contribution >= 4 is 5.96 Å². The van der Waals surface area contributed by atoms with Gasteiger partial charge in [-0.1, -0.05) is 44.2 Å². The molecule has 0 aromatic heterocycles. The van der Waals surface area contributed by atoms with Crippen LogP contribution in [0.2, 0.25) is 0 Å². The van der Waals surface area contributed by atoms with Gasteiger partial charge in [-0.05, 0) is 38.4 Å². The first-order chi connectivity index (χ1) is 9.99. The highest BCUT2D eigenvalue weighted by molar-refractivity contribution is 5.77. The minimum absolute atomic E-state index is 0.359. The summed E-state index contributed by atoms with van der Waals surface area (Å²) in [5, 5.41) is 3.18. The van der Waals surface area contributed by atoms with E-state index < -0.39 is 0 Å². The van der Waals surface area contributed by atoms with Gasteiger partial charge in [0.1, 0.15) is 0 Å². The molecule has 0 aliphatic carbocycles. The molecule has 0 saturated heterocycles. The highest BCUT2D eigenvalue weighted by Crippen LogP contribution is 2.07. The van der Waals surface area contributed by atoms with E-state index in [1.807, 2.05) is 6.07 Å². The Morgan fingerprint density at radius 1 is 1.24 bits per heavy atom. The van der Waals surface area contributed by atoms with Crippen LogP contribution in [0.4, 0.5) is 0 Å². The predicted octanol–water partition coefficient (Wildman–Crippen LogP) is 2.11. The fraction of sp³-hybridized carbons (Fsp3) is 0.588. The summed E-state index contributed by atoms with van der Waals surface area (Å²) in [6.07, 6.45) is 2.09. The third-order valence-electron chi connectivity index (χ3n) is 3.54. The first-order valence-corrected chi connectivity index (χ1v) is 7.73. The lowest BCUT2D eigenvalue weighted by Gasteiger charge is -2.23. The van der Waals surface area contributed by atoms with Crippen molar-refractivity contribution in [1.29, 1.82) is 0 Å². The minimum Gasteiger partial charge on any atom is -0.370 e. The molecule has 1 aromatic rings. The molecule has 0 radical (unpaired) electrons. The van der Waals surface area contributed by atoms with Gasteiger partial charge in [0.05, 0.1) is 6.54 Å². The van der Waals surface area contributed by atoms with Crippen molar-refractivity contribution in [2.75, 3.05) is 27.2 Å². The third kappa shape index (κ3) is 7.71. The van der Waals surface area contributed by atoms with Gasteiger partial charge in [0.15, 0.2) is 5.96 Å². The average Bonchev–Trinajstić information content (AvgIpc) is 2.43. The number of nitrogens with zero attached hydrogens (tertiary/aromatic N) is 2. The van der Waals surface area contributed by atoms with Gasteiger partial charge in [-0.25, -0.2) is 0 Å². The smallest absolute Gasteiger partial charge is 0.188 e. The van der Waals surface area contributed by atoms with Crippen LogP contribution >= 0.6 is 0 Å². The van der Waals surface area contributed by atoms with E-state index >= 15 is 0 Å². The molecule has 0 bridgehead atoms. The van der Waals surface area contributed by atoms with E-state index in [-0.39, 0.29) is 0 Å². The van der Waals surface area contributed by atoms with Gasteiger partial charge in [0.25, 0.3) is 0 Å². The first kappa shape index (κ1) is 17.5. The molecule has 0 saturated carbocycles. The second-order valence-electron chi connectivity index (χ2n) is 6.14. The molecule has 0 fully saturated rings. The Bertz CT molecular complexity index is 412. The summed E-state index contributed by atoms with van der Waals surface area (Å²) in [7, 11) is 4.18. The van der Waals surface area contributed by atoms with Crippen molar-refractivity contribution in [3.8, 4) is 0 Å². The Balaban J connectivity index is 2.47. The van der Waals surface area contributed by atoms with Crippen LogP contribution in [0.5, 0.6) is 0 Å². The van der Waals surface area contributed by atoms with E-state index in [9.17, 15) is 0 Å². The van der Waals surface area contributed by atoms with Crippen LogP contribution in [0.3, 0.4) is 0 Å². The van der Waals surface area contributed by atoms with Gasteiger partial charge < -0.3 is 16.0 Å². The van der Waals surface area contributed by atoms with E-state index in [1.165, 1.54) is 5.56 Å². The molecule has 0 amide bonds. The normalized spacial score (nSPS) is 13.7. The minimum atomic E-state index is 0.359. The molecule has 1 rings (SSSR count). The molecule has 118 valence electrons. The van der Waals surface area contributed by atoms with Crippen LogP contribution in [-0.4, -0.2) is 44.1 Å². The number of hydrogen-bond acceptors (Lipinski definition) is 2. The third-order valence-corrected chi connectivity index (χ3v) is 3.54. The molecule has 0 aliphatic rings. The highest BCUT2D eigenvalue weighted by Gasteiger charge is 2.11. The standard InChI is InChI=1S/C17H30N4/c1-14(2)10-11-19-17(18)20-13-16(21(3)4)12-15-8-6-5-7-9-15/h5-9,14,16H,10-13H2,1-4H3,(H3,18,19,20). The SMILES string of the molecule is CC(C)CCNC(N)=NCC(Cc1ccccc1)N(C)C. The summed E-state index contributed by atoms with van der Waals surface area (Å²) in [5.41, 5.74) is 7.25. The zero-order valence-electron chi connectivity index (χ0n) is 13.8. The molecule has 4 nitrogen and oxygen atoms in total. The van der Waals surface area contributed by atoms with Gasteiger partial charge in [-0.3, -0.25) is 4.99 Å². The number of rotatable bonds is 8. The number of nitrogens with one attached hydrogen (secondary N) is 1. The fourth-order valence-electron chi connectivity index (χ4n) is 2.05. The maximum absolute atomic E-state index is 5.92. The zero-order valence-corrected chi connectivity index (χ0v) is 13.8. The molecule has 1 atom stereocenters. The van der Waals surface area contributed by atoms with Gasteiger partial charge in [0, 0.05) is 12.6 Å². The quantitative estimate of drug-likeness (QED) is 0.569. The van der Waals surface area contributed by atoms with Crippen molar-refractivity contribution in [3.05, 3.63) is 35.9 Å². The maximum Gasteiger partial charge on any atom is 0.188 e. The molecule has 0 aliphatic heterocycles. The first-order valence-electron chi connectivity index (χ1n) is 7.73. The van der Waals surface area contributed by atoms with Crippen molar-refractivity contribution < 1.29 is 0 Å². The van der Waals surface area contributed by atoms with Crippen molar-refractivity contribution in [1.82, 2.24) is 10.2 Å². The van der Waals surface area contributed by atoms with Crippen LogP contribution in [-0.2, 0) is 6.42 Å². The van der Waals surface area contributed by atoms with E-state index in [0.29, 0.717) is 24.5 Å². The zero-order chi connectivity index (χ0) is 15.7. The molecule has 3 N–H and O–H groups in total. The molecular formula is C17H30N4. The van der Waals surface area contributed by atoms with Crippen molar-refractivity contribution in [2.45, 2.75) is 32.7 Å². The molecule has 4 heteroatoms. The monoisotopic (exact) mass is 290 g/mol. The lowest BCUT2D eigenvalue weighted by molar-refractivity contribution is 0.298. The number of aliphatic imine (C=N–C) groups is 1. The van der Waals surface area contributed by atoms with Gasteiger partial charge in [-0.15, -0.1) is 0 Å². The Kier molecular flexibility index (Phi) is 7.83. The summed E-state index contributed by atoms with van der Waals surface area (Å²) in [6.45, 7) is 6.01. The molecule has 1 aromatic carbocycles. The lowest BCUT2D eigenvalue weighted by Crippen LogP contribution is -2.37. The average molecular weight is 290 g/mol. The van der Waals surface area contributed by atoms with Crippen LogP contribution < -0.4 is 11.1 Å². The van der Waals surface area contributed by atoms with E-state index in [2.05, 4.69) is 67.4 Å². The predicted molar refractivity (Wildman–Crippen MR) is 91.6 cm³/mol. The topological polar surface area (TPSA) is 53.6 Å². The summed E-state index contributed by atoms with van der Waals surface area (Å²) >= 11 is 0. The molecular weight excluding hydrogens is 260 g/mol. The molecule has 21 heavy (non-hydrogen) atoms. The summed E-state index contributed by atoms with van der Waals surface area (Å²) in [6, 6.07) is 10.9. The number of guanidine groups is 1. The summed E-state index contributed by atoms with van der Waals surface area (Å²) < 4.78 is 0. The number of benzene rings is 1. The van der Waals surface area contributed by atoms with E-state index in [0.717, 1.165) is 19.4 Å². The van der Waals surface area contributed by atoms with Crippen LogP contribution in [0.1, 0.15) is 25.8 Å². The Labute approximate surface area is 129 Å². The van der Waals surface area contributed by atoms with Crippen LogP contribution in [0, 0.1) is 5.92 Å². The van der Waals surface area contributed by atoms with Crippen LogP contribution in [0.15, 0.2) is 35.3 Å². The largest absolute Gasteiger partial charge is 0.370 e. The van der Waals surface area contributed by atoms with Crippen molar-refractivity contribution in [3.63, 3.8) is 0 Å². The second-order valence-corrected chi connectivity index (χ2v) is 6.14. The Morgan fingerprint density at radius 2 is 1.90 bits per heavy atom. The van der Waals surface area contributed by atoms with E-state index in [4.69, 9.17) is 5.73 Å². The van der Waals surface area contributed by atoms with E-state index in [1.54, 1.807) is 0 Å². The van der Waals surface area contributed by atoms with Gasteiger partial charge >= 0.3 is 0 Å². The summed E-state index contributed by atoms with van der Waals surface area (Å²) in [4.78, 5) is 6.69. The van der Waals surface area contributed by atoms with Gasteiger partial charge in [-0.2, -0.15) is 0 Å². The second kappa shape index (κ2) is 9.40. The highest BCUT2D eigenvalue weighted by atomic mass is 15.1. The Morgan fingerprint density at radius 3 is 2.48 bits per heavy atom. The maximum atomic E-state index is 5.92. The van der Waals surface area contributed by atoms with Gasteiger partial charge in [0.2, 0.25) is 0 Å². The van der Waals surface area contributed by atoms with Crippen LogP contribution in [0.25, 0.3) is 0 Å². The summed E-state index contributed by atoms with van der Waals surface area (Å²) in [5.74, 6) is 1.23. The fourth-order valence-corrected chi connectivity index (χ4v) is 2.05. The Hall–Kier alpha value is -1.55.